The van der Waals surface area contributed by atoms with Crippen LogP contribution < -0.4 is 0 Å². The van der Waals surface area contributed by atoms with Gasteiger partial charge in [-0.25, -0.2) is 0 Å². The van der Waals surface area contributed by atoms with Crippen molar-refractivity contribution >= 4 is 11.6 Å². The second-order valence-electron chi connectivity index (χ2n) is 5.62. The summed E-state index contributed by atoms with van der Waals surface area (Å²) in [6, 6.07) is 9.56. The number of nitrogens with zero attached hydrogens (tertiary/aromatic N) is 1. The fourth-order valence-electron chi connectivity index (χ4n) is 3.01. The smallest absolute Gasteiger partial charge is 0.105 e. The van der Waals surface area contributed by atoms with Gasteiger partial charge in [0.15, 0.2) is 0 Å². The lowest BCUT2D eigenvalue weighted by atomic mass is 9.68. The monoisotopic (exact) mass is 263 g/mol. The number of benzene rings is 1. The third-order valence-electron chi connectivity index (χ3n) is 4.29. The van der Waals surface area contributed by atoms with Crippen LogP contribution in [0.3, 0.4) is 0 Å². The first-order valence-electron chi connectivity index (χ1n) is 6.31. The Balaban J connectivity index is 2.44. The van der Waals surface area contributed by atoms with Gasteiger partial charge in [0.25, 0.3) is 0 Å². The molecule has 1 aliphatic carbocycles. The Hall–Kier alpha value is -1.04. The first-order chi connectivity index (χ1) is 8.41. The van der Waals surface area contributed by atoms with Gasteiger partial charge < -0.3 is 5.11 Å². The molecule has 0 radical (unpaired) electrons. The van der Waals surface area contributed by atoms with Crippen LogP contribution in [0.4, 0.5) is 0 Å². The Kier molecular flexibility index (Phi) is 3.40. The average molecular weight is 264 g/mol. The maximum atomic E-state index is 10.9. The van der Waals surface area contributed by atoms with Gasteiger partial charge >= 0.3 is 0 Å². The highest BCUT2D eigenvalue weighted by molar-refractivity contribution is 6.30. The molecular formula is C15H18ClNO. The van der Waals surface area contributed by atoms with E-state index in [0.29, 0.717) is 10.9 Å². The van der Waals surface area contributed by atoms with E-state index in [9.17, 15) is 10.4 Å². The fraction of sp³-hybridized carbons (Fsp3) is 0.533. The van der Waals surface area contributed by atoms with E-state index in [2.05, 4.69) is 13.0 Å². The van der Waals surface area contributed by atoms with Crippen molar-refractivity contribution in [3.63, 3.8) is 0 Å². The topological polar surface area (TPSA) is 44.0 Å². The molecule has 0 amide bonds. The number of aliphatic hydroxyl groups is 1. The quantitative estimate of drug-likeness (QED) is 0.880. The summed E-state index contributed by atoms with van der Waals surface area (Å²) in [6.45, 7) is 3.87. The van der Waals surface area contributed by atoms with Crippen molar-refractivity contribution in [3.05, 3.63) is 34.9 Å². The molecule has 96 valence electrons. The van der Waals surface area contributed by atoms with Crippen LogP contribution in [0.15, 0.2) is 24.3 Å². The molecule has 1 saturated carbocycles. The molecule has 2 nitrogen and oxygen atoms in total. The summed E-state index contributed by atoms with van der Waals surface area (Å²) in [5, 5.41) is 21.0. The van der Waals surface area contributed by atoms with Crippen LogP contribution in [0, 0.1) is 22.7 Å². The van der Waals surface area contributed by atoms with E-state index in [1.807, 2.05) is 12.1 Å². The lowest BCUT2D eigenvalue weighted by Crippen LogP contribution is -2.41. The normalized spacial score (nSPS) is 30.7. The summed E-state index contributed by atoms with van der Waals surface area (Å²) < 4.78 is 0. The molecule has 1 aromatic carbocycles. The molecule has 0 heterocycles. The van der Waals surface area contributed by atoms with E-state index in [1.54, 1.807) is 19.1 Å². The van der Waals surface area contributed by atoms with Crippen molar-refractivity contribution in [2.45, 2.75) is 38.7 Å². The summed E-state index contributed by atoms with van der Waals surface area (Å²) in [4.78, 5) is 0. The van der Waals surface area contributed by atoms with Crippen molar-refractivity contribution in [1.29, 1.82) is 5.26 Å². The third kappa shape index (κ3) is 2.02. The van der Waals surface area contributed by atoms with Gasteiger partial charge in [0, 0.05) is 5.02 Å². The van der Waals surface area contributed by atoms with Crippen LogP contribution in [0.5, 0.6) is 0 Å². The summed E-state index contributed by atoms with van der Waals surface area (Å²) in [5.41, 5.74) is -1.13. The minimum absolute atomic E-state index is 0.482. The van der Waals surface area contributed by atoms with Crippen molar-refractivity contribution < 1.29 is 5.11 Å². The summed E-state index contributed by atoms with van der Waals surface area (Å²) in [5.74, 6) is 0.482. The molecule has 2 rings (SSSR count). The highest BCUT2D eigenvalue weighted by Gasteiger charge is 2.52. The number of nitriles is 1. The zero-order valence-corrected chi connectivity index (χ0v) is 11.5. The maximum absolute atomic E-state index is 10.9. The SMILES string of the molecule is CC1CCC(C#N)(C(C)(O)c2cccc(Cl)c2)C1. The molecule has 1 fully saturated rings. The van der Waals surface area contributed by atoms with Crippen molar-refractivity contribution in [2.24, 2.45) is 11.3 Å². The molecule has 3 atom stereocenters. The van der Waals surface area contributed by atoms with Gasteiger partial charge in [-0.2, -0.15) is 5.26 Å². The highest BCUT2D eigenvalue weighted by atomic mass is 35.5. The van der Waals surface area contributed by atoms with Gasteiger partial charge in [0.2, 0.25) is 0 Å². The van der Waals surface area contributed by atoms with Gasteiger partial charge in [-0.15, -0.1) is 0 Å². The van der Waals surface area contributed by atoms with Crippen LogP contribution in [-0.2, 0) is 5.60 Å². The van der Waals surface area contributed by atoms with Crippen LogP contribution in [0.2, 0.25) is 5.02 Å². The van der Waals surface area contributed by atoms with E-state index in [4.69, 9.17) is 11.6 Å². The van der Waals surface area contributed by atoms with Crippen LogP contribution in [0.25, 0.3) is 0 Å². The standard InChI is InChI=1S/C15H18ClNO/c1-11-6-7-15(9-11,10-17)14(2,18)12-4-3-5-13(16)8-12/h3-5,8,11,18H,6-7,9H2,1-2H3. The summed E-state index contributed by atoms with van der Waals surface area (Å²) >= 11 is 5.98. The Morgan fingerprint density at radius 2 is 2.28 bits per heavy atom. The van der Waals surface area contributed by atoms with Crippen LogP contribution >= 0.6 is 11.6 Å². The first kappa shape index (κ1) is 13.4. The van der Waals surface area contributed by atoms with Crippen molar-refractivity contribution in [2.75, 3.05) is 0 Å². The van der Waals surface area contributed by atoms with Crippen LogP contribution in [0.1, 0.15) is 38.7 Å². The van der Waals surface area contributed by atoms with E-state index in [1.165, 1.54) is 0 Å². The van der Waals surface area contributed by atoms with Gasteiger partial charge in [-0.1, -0.05) is 30.7 Å². The Bertz CT molecular complexity index is 492. The molecule has 3 heteroatoms. The van der Waals surface area contributed by atoms with E-state index >= 15 is 0 Å². The molecule has 18 heavy (non-hydrogen) atoms. The fourth-order valence-corrected chi connectivity index (χ4v) is 3.20. The largest absolute Gasteiger partial charge is 0.384 e. The predicted octanol–water partition coefficient (Wildman–Crippen LogP) is 3.88. The zero-order chi connectivity index (χ0) is 13.4. The summed E-state index contributed by atoms with van der Waals surface area (Å²) in [6.07, 6.45) is 2.47. The minimum atomic E-state index is -1.16. The highest BCUT2D eigenvalue weighted by Crippen LogP contribution is 2.52. The first-order valence-corrected chi connectivity index (χ1v) is 6.69. The van der Waals surface area contributed by atoms with Gasteiger partial charge in [-0.3, -0.25) is 0 Å². The summed E-state index contributed by atoms with van der Waals surface area (Å²) in [7, 11) is 0. The van der Waals surface area contributed by atoms with Gasteiger partial charge in [0.1, 0.15) is 5.60 Å². The van der Waals surface area contributed by atoms with Crippen molar-refractivity contribution in [3.8, 4) is 6.07 Å². The Labute approximate surface area is 113 Å². The molecule has 0 saturated heterocycles. The number of halogens is 1. The Morgan fingerprint density at radius 3 is 2.78 bits per heavy atom. The molecule has 1 aliphatic rings. The van der Waals surface area contributed by atoms with E-state index in [-0.39, 0.29) is 0 Å². The molecule has 3 unspecified atom stereocenters. The zero-order valence-electron chi connectivity index (χ0n) is 10.8. The molecule has 0 bridgehead atoms. The maximum Gasteiger partial charge on any atom is 0.105 e. The molecule has 1 aromatic rings. The molecule has 0 spiro atoms. The number of hydrogen-bond donors (Lipinski definition) is 1. The third-order valence-corrected chi connectivity index (χ3v) is 4.53. The molecule has 0 aromatic heterocycles. The average Bonchev–Trinajstić information content (AvgIpc) is 2.72. The predicted molar refractivity (Wildman–Crippen MR) is 72.1 cm³/mol. The second-order valence-corrected chi connectivity index (χ2v) is 6.06. The van der Waals surface area contributed by atoms with Gasteiger partial charge in [0.05, 0.1) is 11.5 Å². The second kappa shape index (κ2) is 4.57. The minimum Gasteiger partial charge on any atom is -0.384 e. The number of rotatable bonds is 2. The van der Waals surface area contributed by atoms with Crippen molar-refractivity contribution in [1.82, 2.24) is 0 Å². The lowest BCUT2D eigenvalue weighted by molar-refractivity contribution is -0.0438. The molecular weight excluding hydrogens is 246 g/mol. The van der Waals surface area contributed by atoms with E-state index in [0.717, 1.165) is 24.8 Å². The molecule has 0 aliphatic heterocycles. The van der Waals surface area contributed by atoms with Crippen LogP contribution in [-0.4, -0.2) is 5.11 Å². The van der Waals surface area contributed by atoms with Gasteiger partial charge in [-0.05, 0) is 49.8 Å². The van der Waals surface area contributed by atoms with E-state index < -0.39 is 11.0 Å². The lowest BCUT2D eigenvalue weighted by Gasteiger charge is -2.38. The Morgan fingerprint density at radius 1 is 1.56 bits per heavy atom. The molecule has 1 N–H and O–H groups in total. The number of hydrogen-bond acceptors (Lipinski definition) is 2.